The normalized spacial score (nSPS) is 9.75. The minimum absolute atomic E-state index is 0.0295. The van der Waals surface area contributed by atoms with E-state index in [1.807, 2.05) is 6.92 Å². The lowest BCUT2D eigenvalue weighted by Crippen LogP contribution is -2.48. The molecule has 0 atom stereocenters. The Morgan fingerprint density at radius 3 is 2.00 bits per heavy atom. The van der Waals surface area contributed by atoms with Gasteiger partial charge in [-0.25, -0.2) is 0 Å². The first-order valence-corrected chi connectivity index (χ1v) is 8.92. The molecule has 0 unspecified atom stereocenters. The molecule has 0 radical (unpaired) electrons. The van der Waals surface area contributed by atoms with Gasteiger partial charge < -0.3 is 9.47 Å². The fourth-order valence-corrected chi connectivity index (χ4v) is 2.26. The molecule has 0 fully saturated rings. The molecule has 2 amide bonds. The summed E-state index contributed by atoms with van der Waals surface area (Å²) in [6.45, 7) is 6.38. The van der Waals surface area contributed by atoms with Gasteiger partial charge in [-0.15, -0.1) is 0 Å². The number of carbonyl (C=O) groups is 2. The van der Waals surface area contributed by atoms with Crippen molar-refractivity contribution in [3.63, 3.8) is 0 Å². The third-order valence-electron chi connectivity index (χ3n) is 3.43. The van der Waals surface area contributed by atoms with Gasteiger partial charge >= 0.3 is 0 Å². The highest BCUT2D eigenvalue weighted by atomic mass is 32.1. The van der Waals surface area contributed by atoms with E-state index < -0.39 is 11.8 Å². The van der Waals surface area contributed by atoms with Crippen LogP contribution in [0.2, 0.25) is 0 Å². The minimum atomic E-state index is -0.409. The second-order valence-corrected chi connectivity index (χ2v) is 5.85. The largest absolute Gasteiger partial charge is 0.494 e. The minimum Gasteiger partial charge on any atom is -0.494 e. The van der Waals surface area contributed by atoms with E-state index in [9.17, 15) is 9.59 Å². The number of ether oxygens (including phenoxy) is 2. The highest BCUT2D eigenvalue weighted by molar-refractivity contribution is 7.80. The molecular formula is C20H21N3O4S. The smallest absolute Gasteiger partial charge is 0.269 e. The lowest BCUT2D eigenvalue weighted by atomic mass is 10.2. The number of amides is 2. The molecule has 28 heavy (non-hydrogen) atoms. The van der Waals surface area contributed by atoms with E-state index >= 15 is 0 Å². The summed E-state index contributed by atoms with van der Waals surface area (Å²) < 4.78 is 10.7. The van der Waals surface area contributed by atoms with E-state index in [1.54, 1.807) is 54.6 Å². The van der Waals surface area contributed by atoms with Crippen molar-refractivity contribution in [3.8, 4) is 11.5 Å². The number of benzene rings is 2. The molecule has 2 aromatic carbocycles. The number of carbonyl (C=O) groups excluding carboxylic acids is 2. The van der Waals surface area contributed by atoms with Gasteiger partial charge in [-0.1, -0.05) is 12.7 Å². The third-order valence-corrected chi connectivity index (χ3v) is 3.63. The van der Waals surface area contributed by atoms with Gasteiger partial charge in [0.05, 0.1) is 6.61 Å². The van der Waals surface area contributed by atoms with Crippen LogP contribution in [0.15, 0.2) is 61.2 Å². The summed E-state index contributed by atoms with van der Waals surface area (Å²) in [6.07, 6.45) is 1.63. The van der Waals surface area contributed by atoms with Crippen molar-refractivity contribution in [1.29, 1.82) is 0 Å². The molecule has 0 aliphatic carbocycles. The van der Waals surface area contributed by atoms with E-state index in [0.29, 0.717) is 35.8 Å². The van der Waals surface area contributed by atoms with Crippen LogP contribution in [0.4, 0.5) is 0 Å². The first kappa shape index (κ1) is 20.9. The summed E-state index contributed by atoms with van der Waals surface area (Å²) in [5.74, 6) is 0.488. The zero-order valence-electron chi connectivity index (χ0n) is 15.4. The first-order chi connectivity index (χ1) is 13.5. The number of hydrogen-bond donors (Lipinski definition) is 3. The Morgan fingerprint density at radius 1 is 0.929 bits per heavy atom. The summed E-state index contributed by atoms with van der Waals surface area (Å²) in [6, 6.07) is 13.2. The van der Waals surface area contributed by atoms with Gasteiger partial charge in [0.1, 0.15) is 18.1 Å². The molecule has 0 heterocycles. The summed E-state index contributed by atoms with van der Waals surface area (Å²) in [4.78, 5) is 24.3. The summed E-state index contributed by atoms with van der Waals surface area (Å²) in [7, 11) is 0. The lowest BCUT2D eigenvalue weighted by molar-refractivity contribution is 0.0934. The quantitative estimate of drug-likeness (QED) is 0.377. The molecule has 8 heteroatoms. The number of thiocarbonyl (C=S) groups is 1. The lowest BCUT2D eigenvalue weighted by Gasteiger charge is -2.11. The molecule has 3 N–H and O–H groups in total. The summed E-state index contributed by atoms with van der Waals surface area (Å²) >= 11 is 5.02. The maximum atomic E-state index is 12.1. The molecule has 0 aromatic heterocycles. The predicted octanol–water partition coefficient (Wildman–Crippen LogP) is 2.60. The highest BCUT2D eigenvalue weighted by Crippen LogP contribution is 2.12. The molecule has 2 aromatic rings. The Labute approximate surface area is 168 Å². The van der Waals surface area contributed by atoms with Gasteiger partial charge in [0.25, 0.3) is 11.8 Å². The Balaban J connectivity index is 1.81. The van der Waals surface area contributed by atoms with Crippen molar-refractivity contribution in [2.24, 2.45) is 0 Å². The van der Waals surface area contributed by atoms with E-state index in [0.717, 1.165) is 0 Å². The van der Waals surface area contributed by atoms with Crippen molar-refractivity contribution >= 4 is 29.1 Å². The monoisotopic (exact) mass is 399 g/mol. The van der Waals surface area contributed by atoms with Crippen LogP contribution in [0.3, 0.4) is 0 Å². The van der Waals surface area contributed by atoms with Crippen LogP contribution in [0.1, 0.15) is 27.6 Å². The summed E-state index contributed by atoms with van der Waals surface area (Å²) in [5, 5.41) is 2.45. The molecule has 0 bridgehead atoms. The number of nitrogens with one attached hydrogen (secondary N) is 3. The first-order valence-electron chi connectivity index (χ1n) is 8.51. The number of hydrazine groups is 1. The summed E-state index contributed by atoms with van der Waals surface area (Å²) in [5.41, 5.74) is 5.73. The zero-order valence-corrected chi connectivity index (χ0v) is 16.2. The maximum Gasteiger partial charge on any atom is 0.269 e. The van der Waals surface area contributed by atoms with E-state index in [1.165, 1.54) is 0 Å². The topological polar surface area (TPSA) is 88.7 Å². The van der Waals surface area contributed by atoms with Crippen molar-refractivity contribution < 1.29 is 19.1 Å². The molecule has 0 saturated carbocycles. The van der Waals surface area contributed by atoms with E-state index in [4.69, 9.17) is 21.7 Å². The van der Waals surface area contributed by atoms with Gasteiger partial charge in [0.2, 0.25) is 0 Å². The van der Waals surface area contributed by atoms with Crippen molar-refractivity contribution in [3.05, 3.63) is 72.3 Å². The van der Waals surface area contributed by atoms with E-state index in [-0.39, 0.29) is 5.11 Å². The Bertz CT molecular complexity index is 836. The number of hydrogen-bond acceptors (Lipinski definition) is 5. The molecular weight excluding hydrogens is 378 g/mol. The molecule has 146 valence electrons. The second-order valence-electron chi connectivity index (χ2n) is 5.44. The van der Waals surface area contributed by atoms with Crippen molar-refractivity contribution in [2.45, 2.75) is 6.92 Å². The van der Waals surface area contributed by atoms with Gasteiger partial charge in [-0.3, -0.25) is 25.8 Å². The molecule has 0 spiro atoms. The second kappa shape index (κ2) is 10.7. The van der Waals surface area contributed by atoms with Crippen LogP contribution in [-0.2, 0) is 0 Å². The van der Waals surface area contributed by atoms with Crippen LogP contribution in [0.25, 0.3) is 0 Å². The van der Waals surface area contributed by atoms with Crippen LogP contribution in [-0.4, -0.2) is 30.1 Å². The average Bonchev–Trinajstić information content (AvgIpc) is 2.71. The predicted molar refractivity (Wildman–Crippen MR) is 110 cm³/mol. The molecule has 2 rings (SSSR count). The Hall–Kier alpha value is -3.39. The number of rotatable bonds is 7. The average molecular weight is 399 g/mol. The van der Waals surface area contributed by atoms with Gasteiger partial charge in [-0.2, -0.15) is 0 Å². The maximum absolute atomic E-state index is 12.1. The Morgan fingerprint density at radius 2 is 1.46 bits per heavy atom. The zero-order chi connectivity index (χ0) is 20.4. The SMILES string of the molecule is C=CCOc1ccc(C(=O)NNC(=S)NC(=O)c2ccc(OCC)cc2)cc1. The van der Waals surface area contributed by atoms with Crippen LogP contribution < -0.4 is 25.6 Å². The van der Waals surface area contributed by atoms with Crippen molar-refractivity contribution in [2.75, 3.05) is 13.2 Å². The van der Waals surface area contributed by atoms with Gasteiger partial charge in [0, 0.05) is 11.1 Å². The molecule has 0 aliphatic rings. The highest BCUT2D eigenvalue weighted by Gasteiger charge is 2.10. The third kappa shape index (κ3) is 6.40. The molecule has 7 nitrogen and oxygen atoms in total. The fourth-order valence-electron chi connectivity index (χ4n) is 2.12. The van der Waals surface area contributed by atoms with Crippen molar-refractivity contribution in [1.82, 2.24) is 16.2 Å². The van der Waals surface area contributed by atoms with Gasteiger partial charge in [0.15, 0.2) is 5.11 Å². The van der Waals surface area contributed by atoms with Crippen LogP contribution in [0.5, 0.6) is 11.5 Å². The molecule has 0 aliphatic heterocycles. The van der Waals surface area contributed by atoms with Gasteiger partial charge in [-0.05, 0) is 67.7 Å². The Kier molecular flexibility index (Phi) is 7.98. The van der Waals surface area contributed by atoms with Crippen LogP contribution >= 0.6 is 12.2 Å². The van der Waals surface area contributed by atoms with Crippen LogP contribution in [0, 0.1) is 0 Å². The molecule has 0 saturated heterocycles. The van der Waals surface area contributed by atoms with E-state index in [2.05, 4.69) is 22.7 Å². The standard InChI is InChI=1S/C20H21N3O4S/c1-3-13-27-17-11-7-15(8-12-17)19(25)22-23-20(28)21-18(24)14-5-9-16(10-6-14)26-4-2/h3,5-12H,1,4,13H2,2H3,(H,22,25)(H2,21,23,24,28). The fraction of sp³-hybridized carbons (Fsp3) is 0.150.